The minimum absolute atomic E-state index is 0.0616. The molecule has 0 aliphatic heterocycles. The van der Waals surface area contributed by atoms with Gasteiger partial charge in [0, 0.05) is 13.5 Å². The van der Waals surface area contributed by atoms with Crippen LogP contribution in [0, 0.1) is 0 Å². The summed E-state index contributed by atoms with van der Waals surface area (Å²) in [7, 11) is 2.93. The lowest BCUT2D eigenvalue weighted by atomic mass is 10.0. The first-order chi connectivity index (χ1) is 8.10. The van der Waals surface area contributed by atoms with Crippen LogP contribution in [-0.2, 0) is 4.74 Å². The van der Waals surface area contributed by atoms with Crippen LogP contribution in [0.15, 0.2) is 18.2 Å². The molecule has 0 aliphatic rings. The fourth-order valence-electron chi connectivity index (χ4n) is 1.39. The molecule has 5 nitrogen and oxygen atoms in total. The van der Waals surface area contributed by atoms with E-state index in [1.54, 1.807) is 0 Å². The van der Waals surface area contributed by atoms with Gasteiger partial charge in [0.05, 0.1) is 24.8 Å². The van der Waals surface area contributed by atoms with Gasteiger partial charge in [-0.2, -0.15) is 0 Å². The first-order valence-electron chi connectivity index (χ1n) is 5.03. The van der Waals surface area contributed by atoms with E-state index in [2.05, 4.69) is 0 Å². The van der Waals surface area contributed by atoms with Crippen LogP contribution in [0.25, 0.3) is 0 Å². The molecule has 17 heavy (non-hydrogen) atoms. The van der Waals surface area contributed by atoms with Gasteiger partial charge in [-0.05, 0) is 18.2 Å². The number of hydrogen-bond acceptors (Lipinski definition) is 4. The quantitative estimate of drug-likeness (QED) is 0.762. The fourth-order valence-corrected chi connectivity index (χ4v) is 1.39. The number of methoxy groups -OCH3 is 2. The predicted octanol–water partition coefficient (Wildman–Crippen LogP) is 1.61. The van der Waals surface area contributed by atoms with Crippen LogP contribution < -0.4 is 4.74 Å². The molecule has 0 aliphatic carbocycles. The topological polar surface area (TPSA) is 72.8 Å². The molecular weight excluding hydrogens is 224 g/mol. The second-order valence-electron chi connectivity index (χ2n) is 3.39. The highest BCUT2D eigenvalue weighted by atomic mass is 16.5. The highest BCUT2D eigenvalue weighted by Crippen LogP contribution is 2.21. The van der Waals surface area contributed by atoms with E-state index in [-0.39, 0.29) is 23.3 Å². The molecule has 1 aromatic carbocycles. The molecule has 0 bridgehead atoms. The number of ether oxygens (including phenoxy) is 2. The smallest absolute Gasteiger partial charge is 0.335 e. The molecule has 0 aromatic heterocycles. The first-order valence-corrected chi connectivity index (χ1v) is 5.03. The summed E-state index contributed by atoms with van der Waals surface area (Å²) in [6, 6.07) is 4.19. The zero-order valence-electron chi connectivity index (χ0n) is 9.73. The average Bonchev–Trinajstić information content (AvgIpc) is 2.34. The third-order valence-electron chi connectivity index (χ3n) is 2.28. The van der Waals surface area contributed by atoms with E-state index in [0.717, 1.165) is 0 Å². The van der Waals surface area contributed by atoms with Crippen molar-refractivity contribution >= 4 is 11.8 Å². The number of benzene rings is 1. The van der Waals surface area contributed by atoms with Crippen LogP contribution in [0.5, 0.6) is 5.75 Å². The molecule has 0 fully saturated rings. The van der Waals surface area contributed by atoms with Gasteiger partial charge in [-0.3, -0.25) is 4.79 Å². The maximum Gasteiger partial charge on any atom is 0.335 e. The van der Waals surface area contributed by atoms with Crippen molar-refractivity contribution in [2.75, 3.05) is 20.8 Å². The minimum atomic E-state index is -1.08. The summed E-state index contributed by atoms with van der Waals surface area (Å²) in [5.74, 6) is -0.906. The Hall–Kier alpha value is -1.88. The molecular formula is C12H14O5. The average molecular weight is 238 g/mol. The zero-order chi connectivity index (χ0) is 12.8. The van der Waals surface area contributed by atoms with Crippen LogP contribution in [0.2, 0.25) is 0 Å². The summed E-state index contributed by atoms with van der Waals surface area (Å²) in [5, 5.41) is 8.85. The highest BCUT2D eigenvalue weighted by molar-refractivity contribution is 6.01. The minimum Gasteiger partial charge on any atom is -0.496 e. The molecule has 5 heteroatoms. The maximum atomic E-state index is 11.8. The second kappa shape index (κ2) is 6.00. The number of rotatable bonds is 6. The van der Waals surface area contributed by atoms with E-state index in [1.807, 2.05) is 0 Å². The summed E-state index contributed by atoms with van der Waals surface area (Å²) in [6.07, 6.45) is 0.190. The molecule has 0 heterocycles. The lowest BCUT2D eigenvalue weighted by Gasteiger charge is -2.08. The summed E-state index contributed by atoms with van der Waals surface area (Å²) in [5.41, 5.74) is 0.330. The second-order valence-corrected chi connectivity index (χ2v) is 3.39. The van der Waals surface area contributed by atoms with Gasteiger partial charge in [0.2, 0.25) is 0 Å². The van der Waals surface area contributed by atoms with Gasteiger partial charge in [-0.15, -0.1) is 0 Å². The van der Waals surface area contributed by atoms with E-state index in [9.17, 15) is 9.59 Å². The Kier molecular flexibility index (Phi) is 4.66. The molecule has 0 atom stereocenters. The molecule has 0 saturated carbocycles. The monoisotopic (exact) mass is 238 g/mol. The molecule has 0 spiro atoms. The molecule has 0 radical (unpaired) electrons. The lowest BCUT2D eigenvalue weighted by Crippen LogP contribution is -2.07. The van der Waals surface area contributed by atoms with Gasteiger partial charge in [0.1, 0.15) is 5.75 Å². The largest absolute Gasteiger partial charge is 0.496 e. The summed E-state index contributed by atoms with van der Waals surface area (Å²) < 4.78 is 9.83. The number of carbonyl (C=O) groups is 2. The molecule has 1 aromatic rings. The Bertz CT molecular complexity index is 425. The highest BCUT2D eigenvalue weighted by Gasteiger charge is 2.15. The van der Waals surface area contributed by atoms with E-state index in [1.165, 1.54) is 32.4 Å². The number of carbonyl (C=O) groups excluding carboxylic acids is 1. The summed E-state index contributed by atoms with van der Waals surface area (Å²) in [6.45, 7) is 0.291. The van der Waals surface area contributed by atoms with Crippen LogP contribution in [0.1, 0.15) is 27.1 Å². The Labute approximate surface area is 99.0 Å². The van der Waals surface area contributed by atoms with Crippen LogP contribution in [0.3, 0.4) is 0 Å². The lowest BCUT2D eigenvalue weighted by molar-refractivity contribution is 0.0697. The van der Waals surface area contributed by atoms with E-state index in [0.29, 0.717) is 12.4 Å². The van der Waals surface area contributed by atoms with Gasteiger partial charge < -0.3 is 14.6 Å². The molecule has 1 rings (SSSR count). The van der Waals surface area contributed by atoms with Crippen molar-refractivity contribution in [3.8, 4) is 5.75 Å². The Morgan fingerprint density at radius 1 is 1.29 bits per heavy atom. The molecule has 0 amide bonds. The number of aromatic carboxylic acids is 1. The molecule has 1 N–H and O–H groups in total. The van der Waals surface area contributed by atoms with Gasteiger partial charge >= 0.3 is 5.97 Å². The normalized spacial score (nSPS) is 10.0. The van der Waals surface area contributed by atoms with Crippen molar-refractivity contribution in [2.45, 2.75) is 6.42 Å². The van der Waals surface area contributed by atoms with E-state index >= 15 is 0 Å². The first kappa shape index (κ1) is 13.2. The number of ketones is 1. The van der Waals surface area contributed by atoms with E-state index < -0.39 is 5.97 Å². The number of carboxylic acid groups (broad SMARTS) is 1. The summed E-state index contributed by atoms with van der Waals surface area (Å²) >= 11 is 0. The Morgan fingerprint density at radius 2 is 2.00 bits per heavy atom. The zero-order valence-corrected chi connectivity index (χ0v) is 9.73. The van der Waals surface area contributed by atoms with Gasteiger partial charge in [0.15, 0.2) is 5.78 Å². The maximum absolute atomic E-state index is 11.8. The third kappa shape index (κ3) is 3.29. The van der Waals surface area contributed by atoms with Crippen LogP contribution in [-0.4, -0.2) is 37.7 Å². The number of Topliss-reactive ketones (excluding diaryl/α,β-unsaturated/α-hetero) is 1. The molecule has 92 valence electrons. The molecule has 0 saturated heterocycles. The number of hydrogen-bond donors (Lipinski definition) is 1. The Morgan fingerprint density at radius 3 is 2.53 bits per heavy atom. The fraction of sp³-hybridized carbons (Fsp3) is 0.333. The standard InChI is InChI=1S/C12H14O5/c1-16-6-5-10(13)9-7-8(12(14)15)3-4-11(9)17-2/h3-4,7H,5-6H2,1-2H3,(H,14,15). The van der Waals surface area contributed by atoms with Gasteiger partial charge in [-0.25, -0.2) is 4.79 Å². The van der Waals surface area contributed by atoms with Crippen molar-refractivity contribution in [3.05, 3.63) is 29.3 Å². The SMILES string of the molecule is COCCC(=O)c1cc(C(=O)O)ccc1OC. The van der Waals surface area contributed by atoms with E-state index in [4.69, 9.17) is 14.6 Å². The number of carboxylic acids is 1. The summed E-state index contributed by atoms with van der Waals surface area (Å²) in [4.78, 5) is 22.6. The Balaban J connectivity index is 3.05. The van der Waals surface area contributed by atoms with Gasteiger partial charge in [-0.1, -0.05) is 0 Å². The van der Waals surface area contributed by atoms with Crippen LogP contribution >= 0.6 is 0 Å². The van der Waals surface area contributed by atoms with Crippen molar-refractivity contribution in [1.82, 2.24) is 0 Å². The van der Waals surface area contributed by atoms with Gasteiger partial charge in [0.25, 0.3) is 0 Å². The van der Waals surface area contributed by atoms with Crippen molar-refractivity contribution in [2.24, 2.45) is 0 Å². The van der Waals surface area contributed by atoms with Crippen molar-refractivity contribution < 1.29 is 24.2 Å². The predicted molar refractivity (Wildman–Crippen MR) is 60.8 cm³/mol. The van der Waals surface area contributed by atoms with Crippen molar-refractivity contribution in [1.29, 1.82) is 0 Å². The van der Waals surface area contributed by atoms with Crippen LogP contribution in [0.4, 0.5) is 0 Å². The van der Waals surface area contributed by atoms with Crippen molar-refractivity contribution in [3.63, 3.8) is 0 Å². The molecule has 0 unspecified atom stereocenters. The third-order valence-corrected chi connectivity index (χ3v) is 2.28.